The summed E-state index contributed by atoms with van der Waals surface area (Å²) in [6.07, 6.45) is -3.23. The Balaban J connectivity index is 1.28. The van der Waals surface area contributed by atoms with E-state index in [1.165, 1.54) is 36.4 Å². The van der Waals surface area contributed by atoms with Crippen molar-refractivity contribution in [2.75, 3.05) is 0 Å². The van der Waals surface area contributed by atoms with Gasteiger partial charge in [0.1, 0.15) is 46.7 Å². The number of carbonyl (C=O) groups excluding carboxylic acids is 1. The number of hydrogen-bond acceptors (Lipinski definition) is 12. The van der Waals surface area contributed by atoms with Gasteiger partial charge in [0, 0.05) is 47.7 Å². The topological polar surface area (TPSA) is 196 Å². The van der Waals surface area contributed by atoms with Crippen LogP contribution in [0.5, 0.6) is 46.0 Å². The summed E-state index contributed by atoms with van der Waals surface area (Å²) in [5.74, 6) is -3.95. The number of phenols is 5. The Morgan fingerprint density at radius 2 is 1.62 bits per heavy atom. The van der Waals surface area contributed by atoms with E-state index in [-0.39, 0.29) is 65.1 Å². The number of benzene rings is 3. The van der Waals surface area contributed by atoms with E-state index in [0.717, 1.165) is 6.07 Å². The predicted octanol–water partition coefficient (Wildman–Crippen LogP) is 1.83. The van der Waals surface area contributed by atoms with Crippen molar-refractivity contribution in [3.05, 3.63) is 64.7 Å². The highest BCUT2D eigenvalue weighted by molar-refractivity contribution is 6.08. The Hall–Kier alpha value is -4.65. The van der Waals surface area contributed by atoms with Gasteiger partial charge >= 0.3 is 0 Å². The molecule has 0 unspecified atom stereocenters. The highest BCUT2D eigenvalue weighted by atomic mass is 16.7. The molecule has 0 saturated carbocycles. The average Bonchev–Trinajstić information content (AvgIpc) is 3.22. The molecule has 216 valence electrons. The molecule has 1 fully saturated rings. The number of rotatable bonds is 1. The second kappa shape index (κ2) is 8.00. The normalized spacial score (nSPS) is 31.7. The van der Waals surface area contributed by atoms with Crippen molar-refractivity contribution < 1.29 is 59.5 Å². The fourth-order valence-electron chi connectivity index (χ4n) is 6.94. The first-order chi connectivity index (χ1) is 20.0. The molecule has 1 aliphatic carbocycles. The lowest BCUT2D eigenvalue weighted by molar-refractivity contribution is -0.290. The van der Waals surface area contributed by atoms with E-state index in [4.69, 9.17) is 18.9 Å². The van der Waals surface area contributed by atoms with Crippen molar-refractivity contribution in [3.8, 4) is 46.0 Å². The van der Waals surface area contributed by atoms with Crippen LogP contribution in [0, 0.1) is 0 Å². The van der Waals surface area contributed by atoms with E-state index in [1.54, 1.807) is 0 Å². The summed E-state index contributed by atoms with van der Waals surface area (Å²) in [5.41, 5.74) is 0.0962. The van der Waals surface area contributed by atoms with Crippen LogP contribution in [0.1, 0.15) is 34.8 Å². The summed E-state index contributed by atoms with van der Waals surface area (Å²) in [4.78, 5) is 13.3. The molecule has 0 radical (unpaired) electrons. The Bertz CT molecular complexity index is 1760. The number of hydrogen-bond donors (Lipinski definition) is 7. The zero-order chi connectivity index (χ0) is 29.3. The Morgan fingerprint density at radius 3 is 2.40 bits per heavy atom. The molecule has 1 saturated heterocycles. The molecule has 4 aliphatic heterocycles. The van der Waals surface area contributed by atoms with Crippen molar-refractivity contribution in [2.24, 2.45) is 0 Å². The third kappa shape index (κ3) is 3.19. The smallest absolute Gasteiger partial charge is 0.235 e. The lowest BCUT2D eigenvalue weighted by Crippen LogP contribution is -2.70. The van der Waals surface area contributed by atoms with Gasteiger partial charge in [-0.1, -0.05) is 6.07 Å². The van der Waals surface area contributed by atoms with Crippen LogP contribution in [0.25, 0.3) is 5.57 Å². The highest BCUT2D eigenvalue weighted by Crippen LogP contribution is 2.62. The van der Waals surface area contributed by atoms with Gasteiger partial charge in [-0.15, -0.1) is 0 Å². The van der Waals surface area contributed by atoms with E-state index < -0.39 is 47.3 Å². The molecule has 12 heteroatoms. The van der Waals surface area contributed by atoms with Crippen LogP contribution < -0.4 is 14.2 Å². The number of ketones is 1. The molecular formula is C30H24O12. The van der Waals surface area contributed by atoms with Crippen molar-refractivity contribution >= 4 is 11.4 Å². The molecule has 42 heavy (non-hydrogen) atoms. The predicted molar refractivity (Wildman–Crippen MR) is 140 cm³/mol. The minimum Gasteiger partial charge on any atom is -0.508 e. The van der Waals surface area contributed by atoms with Crippen LogP contribution in [0.4, 0.5) is 0 Å². The zero-order valence-electron chi connectivity index (χ0n) is 21.6. The number of ether oxygens (including phenoxy) is 4. The number of phenolic OH excluding ortho intramolecular Hbond substituents is 5. The van der Waals surface area contributed by atoms with Crippen LogP contribution in [0.15, 0.2) is 42.5 Å². The molecule has 0 amide bonds. The van der Waals surface area contributed by atoms with E-state index in [9.17, 15) is 40.5 Å². The largest absolute Gasteiger partial charge is 0.508 e. The highest BCUT2D eigenvalue weighted by Gasteiger charge is 2.69. The van der Waals surface area contributed by atoms with E-state index >= 15 is 0 Å². The van der Waals surface area contributed by atoms with Gasteiger partial charge < -0.3 is 54.7 Å². The van der Waals surface area contributed by atoms with Crippen molar-refractivity contribution in [1.29, 1.82) is 0 Å². The maximum atomic E-state index is 13.3. The first-order valence-electron chi connectivity index (χ1n) is 13.3. The molecular weight excluding hydrogens is 552 g/mol. The molecule has 8 rings (SSSR count). The van der Waals surface area contributed by atoms with Crippen LogP contribution >= 0.6 is 0 Å². The van der Waals surface area contributed by atoms with Crippen molar-refractivity contribution in [3.63, 3.8) is 0 Å². The van der Waals surface area contributed by atoms with Gasteiger partial charge in [-0.05, 0) is 23.8 Å². The zero-order valence-corrected chi connectivity index (χ0v) is 21.6. The van der Waals surface area contributed by atoms with E-state index in [2.05, 4.69) is 0 Å². The first-order valence-corrected chi connectivity index (χ1v) is 13.3. The second-order valence-corrected chi connectivity index (χ2v) is 11.4. The third-order valence-electron chi connectivity index (χ3n) is 8.81. The molecule has 7 N–H and O–H groups in total. The molecule has 6 atom stereocenters. The van der Waals surface area contributed by atoms with Gasteiger partial charge in [-0.25, -0.2) is 0 Å². The lowest BCUT2D eigenvalue weighted by Gasteiger charge is -2.53. The monoisotopic (exact) mass is 576 g/mol. The van der Waals surface area contributed by atoms with Gasteiger partial charge in [0.15, 0.2) is 23.2 Å². The summed E-state index contributed by atoms with van der Waals surface area (Å²) in [6, 6.07) is 7.87. The standard InChI is InChI=1S/C30H24O12/c31-12-4-17(33)13-7-23-28(39-21(13)5-12)29-10-30(38,42-23)24(37)8-15(29)25-22(41-29)9-18(34)14-6-20(36)26(40-27(14)25)11-1-2-16(32)19(35)3-11/h1-5,8-9,20,23,26,28,31-36,38H,6-7,10H2/t20-,23-,26+,28-,29+,30+/m0/s1. The van der Waals surface area contributed by atoms with Gasteiger partial charge in [0.25, 0.3) is 0 Å². The summed E-state index contributed by atoms with van der Waals surface area (Å²) >= 11 is 0. The number of aromatic hydroxyl groups is 5. The summed E-state index contributed by atoms with van der Waals surface area (Å²) in [6.45, 7) is 0. The Morgan fingerprint density at radius 1 is 0.833 bits per heavy atom. The van der Waals surface area contributed by atoms with Crippen LogP contribution in [0.3, 0.4) is 0 Å². The molecule has 12 nitrogen and oxygen atoms in total. The number of carbonyl (C=O) groups is 1. The van der Waals surface area contributed by atoms with Gasteiger partial charge in [-0.2, -0.15) is 0 Å². The van der Waals surface area contributed by atoms with Crippen LogP contribution in [0.2, 0.25) is 0 Å². The minimum absolute atomic E-state index is 0.0366. The molecule has 1 spiro atoms. The van der Waals surface area contributed by atoms with Crippen LogP contribution in [-0.2, 0) is 22.4 Å². The van der Waals surface area contributed by atoms with Crippen LogP contribution in [-0.4, -0.2) is 71.2 Å². The summed E-state index contributed by atoms with van der Waals surface area (Å²) < 4.78 is 24.9. The fraction of sp³-hybridized carbons (Fsp3) is 0.300. The van der Waals surface area contributed by atoms with Gasteiger partial charge in [0.2, 0.25) is 11.6 Å². The molecule has 2 bridgehead atoms. The molecule has 3 aromatic carbocycles. The number of aliphatic hydroxyl groups is 2. The van der Waals surface area contributed by atoms with Gasteiger partial charge in [-0.3, -0.25) is 4.79 Å². The van der Waals surface area contributed by atoms with E-state index in [0.29, 0.717) is 22.3 Å². The summed E-state index contributed by atoms with van der Waals surface area (Å²) in [7, 11) is 0. The first kappa shape index (κ1) is 25.1. The van der Waals surface area contributed by atoms with E-state index in [1.807, 2.05) is 0 Å². The molecule has 0 aromatic heterocycles. The second-order valence-electron chi connectivity index (χ2n) is 11.4. The maximum Gasteiger partial charge on any atom is 0.235 e. The third-order valence-corrected chi connectivity index (χ3v) is 8.81. The number of fused-ring (bicyclic) bond motifs is 7. The Kier molecular flexibility index (Phi) is 4.78. The molecule has 4 heterocycles. The molecule has 5 aliphatic rings. The van der Waals surface area contributed by atoms with Gasteiger partial charge in [0.05, 0.1) is 18.1 Å². The summed E-state index contributed by atoms with van der Waals surface area (Å²) in [5, 5.41) is 73.6. The fourth-order valence-corrected chi connectivity index (χ4v) is 6.94. The lowest BCUT2D eigenvalue weighted by atomic mass is 9.69. The Labute approximate surface area is 236 Å². The maximum absolute atomic E-state index is 13.3. The average molecular weight is 577 g/mol. The SMILES string of the molecule is O=C1C=C2c3c(cc(O)c4c3O[C@H](c3ccc(O)c(O)c3)[C@@H](O)C4)O[C@]23C[C@@]1(O)O[C@H]1Cc2c(O)cc(O)cc2O[C@@H]13. The molecule has 3 aromatic rings. The van der Waals surface area contributed by atoms with Crippen molar-refractivity contribution in [1.82, 2.24) is 0 Å². The number of aliphatic hydroxyl groups excluding tert-OH is 1. The minimum atomic E-state index is -2.26. The van der Waals surface area contributed by atoms with Crippen molar-refractivity contribution in [2.45, 2.75) is 55.1 Å². The quantitative estimate of drug-likeness (QED) is 0.208.